The molecule has 144 valence electrons. The Bertz CT molecular complexity index is 704. The number of carbonyl (C=O) groups excluding carboxylic acids is 1. The van der Waals surface area contributed by atoms with E-state index in [1.807, 2.05) is 60.9 Å². The Balaban J connectivity index is 1.36. The van der Waals surface area contributed by atoms with Gasteiger partial charge in [-0.1, -0.05) is 30.3 Å². The third-order valence-electron chi connectivity index (χ3n) is 4.32. The summed E-state index contributed by atoms with van der Waals surface area (Å²) in [6, 6.07) is 18.3. The average molecular weight is 403 g/mol. The van der Waals surface area contributed by atoms with Crippen LogP contribution in [0, 0.1) is 0 Å². The first-order valence-corrected chi connectivity index (χ1v) is 11.3. The largest absolute Gasteiger partial charge is 0.484 e. The van der Waals surface area contributed by atoms with Gasteiger partial charge in [-0.15, -0.1) is 23.5 Å². The van der Waals surface area contributed by atoms with E-state index in [1.54, 1.807) is 0 Å². The molecule has 1 aliphatic heterocycles. The molecule has 6 heteroatoms. The molecule has 1 amide bonds. The molecule has 2 aromatic carbocycles. The van der Waals surface area contributed by atoms with Crippen LogP contribution in [0.5, 0.6) is 5.75 Å². The molecule has 1 N–H and O–H groups in total. The van der Waals surface area contributed by atoms with Crippen LogP contribution in [0.25, 0.3) is 0 Å². The molecule has 0 radical (unpaired) electrons. The number of carbonyl (C=O) groups is 1. The van der Waals surface area contributed by atoms with E-state index in [4.69, 9.17) is 4.74 Å². The average Bonchev–Trinajstić information content (AvgIpc) is 2.74. The van der Waals surface area contributed by atoms with E-state index < -0.39 is 0 Å². The molecule has 0 aliphatic carbocycles. The maximum Gasteiger partial charge on any atom is 0.258 e. The lowest BCUT2D eigenvalue weighted by atomic mass is 10.2. The number of anilines is 1. The van der Waals surface area contributed by atoms with Gasteiger partial charge in [0.1, 0.15) is 5.75 Å². The molecule has 1 aliphatic rings. The Morgan fingerprint density at radius 2 is 1.81 bits per heavy atom. The zero-order valence-electron chi connectivity index (χ0n) is 15.6. The van der Waals surface area contributed by atoms with Crippen LogP contribution in [0.4, 0.5) is 5.69 Å². The first kappa shape index (κ1) is 20.0. The quantitative estimate of drug-likeness (QED) is 0.717. The predicted molar refractivity (Wildman–Crippen MR) is 117 cm³/mol. The van der Waals surface area contributed by atoms with Gasteiger partial charge in [0.15, 0.2) is 6.61 Å². The van der Waals surface area contributed by atoms with Crippen molar-refractivity contribution in [2.24, 2.45) is 0 Å². The highest BCUT2D eigenvalue weighted by atomic mass is 32.2. The van der Waals surface area contributed by atoms with Crippen LogP contribution in [0.2, 0.25) is 0 Å². The van der Waals surface area contributed by atoms with Crippen LogP contribution in [0.15, 0.2) is 54.6 Å². The molecule has 1 saturated heterocycles. The number of thioether (sulfide) groups is 2. The summed E-state index contributed by atoms with van der Waals surface area (Å²) in [5.74, 6) is 3.10. The number of benzene rings is 2. The Hall–Kier alpha value is -1.79. The van der Waals surface area contributed by atoms with Crippen LogP contribution in [-0.2, 0) is 4.79 Å². The summed E-state index contributed by atoms with van der Waals surface area (Å²) < 4.78 is 6.14. The smallest absolute Gasteiger partial charge is 0.258 e. The summed E-state index contributed by atoms with van der Waals surface area (Å²) in [4.78, 5) is 14.1. The first-order chi connectivity index (χ1) is 13.2. The zero-order chi connectivity index (χ0) is 18.9. The van der Waals surface area contributed by atoms with Gasteiger partial charge in [0.05, 0.1) is 4.58 Å². The van der Waals surface area contributed by atoms with E-state index in [-0.39, 0.29) is 12.5 Å². The number of likely N-dealkylation sites (N-methyl/N-ethyl adjacent to an activating group) is 1. The van der Waals surface area contributed by atoms with E-state index in [0.29, 0.717) is 11.1 Å². The molecule has 0 spiro atoms. The van der Waals surface area contributed by atoms with Gasteiger partial charge in [-0.2, -0.15) is 0 Å². The topological polar surface area (TPSA) is 41.6 Å². The second-order valence-electron chi connectivity index (χ2n) is 6.39. The number of nitrogens with zero attached hydrogens (tertiary/aromatic N) is 1. The molecule has 0 bridgehead atoms. The number of nitrogens with one attached hydrogen (secondary N) is 1. The fraction of sp³-hybridized carbons (Fsp3) is 0.381. The maximum absolute atomic E-state index is 12.0. The molecule has 0 saturated carbocycles. The molecule has 0 unspecified atom stereocenters. The molecular formula is C21H26N2O2S2. The van der Waals surface area contributed by atoms with Gasteiger partial charge in [0.2, 0.25) is 0 Å². The second-order valence-corrected chi connectivity index (χ2v) is 9.12. The van der Waals surface area contributed by atoms with Gasteiger partial charge >= 0.3 is 0 Å². The van der Waals surface area contributed by atoms with E-state index in [9.17, 15) is 4.79 Å². The summed E-state index contributed by atoms with van der Waals surface area (Å²) in [5, 5.41) is 2.90. The third-order valence-corrected chi connectivity index (χ3v) is 7.33. The minimum absolute atomic E-state index is 0.0430. The van der Waals surface area contributed by atoms with Crippen LogP contribution in [0.3, 0.4) is 0 Å². The van der Waals surface area contributed by atoms with Gasteiger partial charge in [-0.25, -0.2) is 0 Å². The van der Waals surface area contributed by atoms with Crippen molar-refractivity contribution >= 4 is 35.1 Å². The van der Waals surface area contributed by atoms with Gasteiger partial charge in [-0.05, 0) is 47.8 Å². The lowest BCUT2D eigenvalue weighted by Gasteiger charge is -2.21. The summed E-state index contributed by atoms with van der Waals surface area (Å²) >= 11 is 4.01. The Kier molecular flexibility index (Phi) is 7.78. The predicted octanol–water partition coefficient (Wildman–Crippen LogP) is 4.19. The summed E-state index contributed by atoms with van der Waals surface area (Å²) in [6.45, 7) is 1.38. The molecule has 4 nitrogen and oxygen atoms in total. The van der Waals surface area contributed by atoms with Crippen LogP contribution < -0.4 is 15.0 Å². The summed E-state index contributed by atoms with van der Waals surface area (Å²) in [6.07, 6.45) is 1.29. The van der Waals surface area contributed by atoms with Crippen molar-refractivity contribution in [2.45, 2.75) is 11.0 Å². The Labute approximate surface area is 170 Å². The third kappa shape index (κ3) is 6.40. The normalized spacial score (nSPS) is 14.6. The van der Waals surface area contributed by atoms with E-state index >= 15 is 0 Å². The molecule has 3 rings (SSSR count). The van der Waals surface area contributed by atoms with Crippen LogP contribution >= 0.6 is 23.5 Å². The van der Waals surface area contributed by atoms with E-state index in [1.165, 1.54) is 23.5 Å². The number of rotatable bonds is 8. The number of amides is 1. The molecule has 2 aromatic rings. The van der Waals surface area contributed by atoms with Gasteiger partial charge in [-0.3, -0.25) is 4.79 Å². The van der Waals surface area contributed by atoms with Crippen molar-refractivity contribution in [3.8, 4) is 5.75 Å². The molecule has 1 heterocycles. The summed E-state index contributed by atoms with van der Waals surface area (Å²) in [5.41, 5.74) is 2.46. The highest BCUT2D eigenvalue weighted by Gasteiger charge is 2.16. The van der Waals surface area contributed by atoms with Crippen LogP contribution in [-0.4, -0.2) is 44.2 Å². The lowest BCUT2D eigenvalue weighted by molar-refractivity contribution is -0.123. The SMILES string of the molecule is CN(CCNC(=O)COc1ccc(C2SCCCS2)cc1)c1ccccc1. The van der Waals surface area contributed by atoms with Crippen LogP contribution in [0.1, 0.15) is 16.6 Å². The van der Waals surface area contributed by atoms with Crippen molar-refractivity contribution in [2.75, 3.05) is 43.1 Å². The summed E-state index contributed by atoms with van der Waals surface area (Å²) in [7, 11) is 2.02. The number of hydrogen-bond donors (Lipinski definition) is 1. The van der Waals surface area contributed by atoms with Gasteiger partial charge < -0.3 is 15.0 Å². The van der Waals surface area contributed by atoms with Crippen molar-refractivity contribution < 1.29 is 9.53 Å². The number of para-hydroxylation sites is 1. The molecule has 1 fully saturated rings. The highest BCUT2D eigenvalue weighted by molar-refractivity contribution is 8.16. The van der Waals surface area contributed by atoms with E-state index in [2.05, 4.69) is 34.5 Å². The molecule has 0 atom stereocenters. The van der Waals surface area contributed by atoms with Crippen molar-refractivity contribution in [3.05, 3.63) is 60.2 Å². The standard InChI is InChI=1S/C21H26N2O2S2/c1-23(18-6-3-2-4-7-18)13-12-22-20(24)16-25-19-10-8-17(9-11-19)21-26-14-5-15-27-21/h2-4,6-11,21H,5,12-16H2,1H3,(H,22,24). The minimum Gasteiger partial charge on any atom is -0.484 e. The lowest BCUT2D eigenvalue weighted by Crippen LogP contribution is -2.35. The zero-order valence-corrected chi connectivity index (χ0v) is 17.2. The van der Waals surface area contributed by atoms with Crippen molar-refractivity contribution in [3.63, 3.8) is 0 Å². The monoisotopic (exact) mass is 402 g/mol. The highest BCUT2D eigenvalue weighted by Crippen LogP contribution is 2.43. The number of ether oxygens (including phenoxy) is 1. The van der Waals surface area contributed by atoms with Gasteiger partial charge in [0, 0.05) is 25.8 Å². The fourth-order valence-corrected chi connectivity index (χ4v) is 5.67. The maximum atomic E-state index is 12.0. The minimum atomic E-state index is -0.0982. The molecule has 27 heavy (non-hydrogen) atoms. The Morgan fingerprint density at radius 1 is 1.11 bits per heavy atom. The first-order valence-electron chi connectivity index (χ1n) is 9.21. The van der Waals surface area contributed by atoms with Crippen molar-refractivity contribution in [1.82, 2.24) is 5.32 Å². The number of hydrogen-bond acceptors (Lipinski definition) is 5. The Morgan fingerprint density at radius 3 is 2.52 bits per heavy atom. The molecular weight excluding hydrogens is 376 g/mol. The molecule has 0 aromatic heterocycles. The fourth-order valence-electron chi connectivity index (χ4n) is 2.78. The van der Waals surface area contributed by atoms with Crippen molar-refractivity contribution in [1.29, 1.82) is 0 Å². The second kappa shape index (κ2) is 10.5. The van der Waals surface area contributed by atoms with E-state index in [0.717, 1.165) is 18.0 Å². The van der Waals surface area contributed by atoms with Gasteiger partial charge in [0.25, 0.3) is 5.91 Å².